The van der Waals surface area contributed by atoms with Crippen LogP contribution in [0, 0.1) is 6.92 Å². The second-order valence-electron chi connectivity index (χ2n) is 5.14. The summed E-state index contributed by atoms with van der Waals surface area (Å²) in [5.41, 5.74) is 1.11. The lowest BCUT2D eigenvalue weighted by Crippen LogP contribution is -2.14. The monoisotopic (exact) mass is 324 g/mol. The molecule has 0 radical (unpaired) electrons. The highest BCUT2D eigenvalue weighted by molar-refractivity contribution is 7.63. The normalized spacial score (nSPS) is 13.1. The predicted molar refractivity (Wildman–Crippen MR) is 92.6 cm³/mol. The van der Waals surface area contributed by atoms with Gasteiger partial charge in [-0.15, -0.1) is 0 Å². The van der Waals surface area contributed by atoms with E-state index >= 15 is 0 Å². The lowest BCUT2D eigenvalue weighted by Gasteiger charge is -2.20. The van der Waals surface area contributed by atoms with Crippen molar-refractivity contribution in [1.29, 1.82) is 0 Å². The fourth-order valence-corrected chi connectivity index (χ4v) is 3.68. The quantitative estimate of drug-likeness (QED) is 0.622. The molecule has 0 aliphatic rings. The molecule has 3 aromatic rings. The SMILES string of the molecule is Cc1ccc(OP(=O)(Oc2ccccc2)c2ccccc2)cc1. The Balaban J connectivity index is 1.96. The van der Waals surface area contributed by atoms with E-state index in [0.29, 0.717) is 16.8 Å². The molecule has 3 rings (SSSR count). The summed E-state index contributed by atoms with van der Waals surface area (Å²) in [5.74, 6) is 1.02. The summed E-state index contributed by atoms with van der Waals surface area (Å²) in [6.07, 6.45) is 0. The van der Waals surface area contributed by atoms with Crippen LogP contribution in [0.1, 0.15) is 5.56 Å². The molecule has 0 saturated carbocycles. The first-order valence-electron chi connectivity index (χ1n) is 7.32. The van der Waals surface area contributed by atoms with Crippen LogP contribution in [-0.4, -0.2) is 0 Å². The van der Waals surface area contributed by atoms with E-state index in [1.54, 1.807) is 36.4 Å². The Kier molecular flexibility index (Phi) is 4.50. The van der Waals surface area contributed by atoms with Gasteiger partial charge in [0.25, 0.3) is 0 Å². The van der Waals surface area contributed by atoms with Gasteiger partial charge in [0.05, 0.1) is 5.30 Å². The molecule has 3 aromatic carbocycles. The van der Waals surface area contributed by atoms with Gasteiger partial charge >= 0.3 is 7.60 Å². The molecule has 0 aliphatic carbocycles. The number of para-hydroxylation sites is 1. The average molecular weight is 324 g/mol. The summed E-state index contributed by atoms with van der Waals surface area (Å²) in [7, 11) is -3.53. The van der Waals surface area contributed by atoms with Gasteiger partial charge in [-0.25, -0.2) is 4.57 Å². The second kappa shape index (κ2) is 6.72. The van der Waals surface area contributed by atoms with Gasteiger partial charge in [0, 0.05) is 0 Å². The molecule has 0 amide bonds. The van der Waals surface area contributed by atoms with Gasteiger partial charge in [0.2, 0.25) is 0 Å². The van der Waals surface area contributed by atoms with Crippen molar-refractivity contribution in [3.63, 3.8) is 0 Å². The molecular formula is C19H17O3P. The van der Waals surface area contributed by atoms with Crippen molar-refractivity contribution in [2.75, 3.05) is 0 Å². The summed E-state index contributed by atoms with van der Waals surface area (Å²) >= 11 is 0. The van der Waals surface area contributed by atoms with Crippen molar-refractivity contribution in [2.24, 2.45) is 0 Å². The van der Waals surface area contributed by atoms with Gasteiger partial charge in [-0.05, 0) is 43.3 Å². The smallest absolute Gasteiger partial charge is 0.413 e. The molecule has 0 aliphatic heterocycles. The summed E-state index contributed by atoms with van der Waals surface area (Å²) in [6.45, 7) is 1.99. The van der Waals surface area contributed by atoms with Crippen molar-refractivity contribution >= 4 is 12.9 Å². The molecule has 0 aromatic heterocycles. The zero-order valence-corrected chi connectivity index (χ0v) is 13.6. The molecule has 23 heavy (non-hydrogen) atoms. The van der Waals surface area contributed by atoms with E-state index in [-0.39, 0.29) is 0 Å². The van der Waals surface area contributed by atoms with E-state index in [2.05, 4.69) is 0 Å². The van der Waals surface area contributed by atoms with Gasteiger partial charge in [0.1, 0.15) is 11.5 Å². The van der Waals surface area contributed by atoms with Crippen LogP contribution >= 0.6 is 7.60 Å². The maximum absolute atomic E-state index is 13.4. The third-order valence-electron chi connectivity index (χ3n) is 3.29. The third-order valence-corrected chi connectivity index (χ3v) is 5.12. The lowest BCUT2D eigenvalue weighted by molar-refractivity contribution is 0.399. The molecule has 0 spiro atoms. The Morgan fingerprint density at radius 3 is 1.70 bits per heavy atom. The standard InChI is InChI=1S/C19H17O3P/c1-16-12-14-18(15-13-16)22-23(20,19-10-6-3-7-11-19)21-17-8-4-2-5-9-17/h2-15H,1H3. The minimum absolute atomic E-state index is 0.506. The Labute approximate surface area is 136 Å². The molecule has 1 atom stereocenters. The molecule has 0 bridgehead atoms. The molecule has 3 nitrogen and oxygen atoms in total. The molecule has 0 N–H and O–H groups in total. The highest BCUT2D eigenvalue weighted by atomic mass is 31.2. The zero-order chi connectivity index (χ0) is 16.1. The molecule has 116 valence electrons. The van der Waals surface area contributed by atoms with Gasteiger partial charge in [0.15, 0.2) is 0 Å². The minimum Gasteiger partial charge on any atom is -0.413 e. The first-order chi connectivity index (χ1) is 11.2. The first-order valence-corrected chi connectivity index (χ1v) is 8.86. The zero-order valence-electron chi connectivity index (χ0n) is 12.8. The van der Waals surface area contributed by atoms with Crippen molar-refractivity contribution in [2.45, 2.75) is 6.92 Å². The van der Waals surface area contributed by atoms with E-state index < -0.39 is 7.60 Å². The van der Waals surface area contributed by atoms with E-state index in [1.807, 2.05) is 55.5 Å². The number of benzene rings is 3. The summed E-state index contributed by atoms with van der Waals surface area (Å²) in [4.78, 5) is 0. The summed E-state index contributed by atoms with van der Waals surface area (Å²) in [5, 5.41) is 0.518. The number of hydrogen-bond donors (Lipinski definition) is 0. The van der Waals surface area contributed by atoms with Crippen LogP contribution in [0.3, 0.4) is 0 Å². The molecule has 1 unspecified atom stereocenters. The van der Waals surface area contributed by atoms with Crippen molar-refractivity contribution < 1.29 is 13.6 Å². The maximum Gasteiger partial charge on any atom is 0.462 e. The van der Waals surface area contributed by atoms with Crippen LogP contribution < -0.4 is 14.4 Å². The first kappa shape index (κ1) is 15.4. The van der Waals surface area contributed by atoms with Crippen LogP contribution in [0.15, 0.2) is 84.9 Å². The molecular weight excluding hydrogens is 307 g/mol. The lowest BCUT2D eigenvalue weighted by atomic mass is 10.2. The van der Waals surface area contributed by atoms with E-state index in [1.165, 1.54) is 0 Å². The Morgan fingerprint density at radius 2 is 1.13 bits per heavy atom. The largest absolute Gasteiger partial charge is 0.462 e. The van der Waals surface area contributed by atoms with Crippen molar-refractivity contribution in [3.05, 3.63) is 90.5 Å². The summed E-state index contributed by atoms with van der Waals surface area (Å²) < 4.78 is 24.9. The van der Waals surface area contributed by atoms with Crippen molar-refractivity contribution in [3.8, 4) is 11.5 Å². The summed E-state index contributed by atoms with van der Waals surface area (Å²) in [6, 6.07) is 25.4. The van der Waals surface area contributed by atoms with Gasteiger partial charge in [-0.1, -0.05) is 54.1 Å². The van der Waals surface area contributed by atoms with Gasteiger partial charge in [-0.2, -0.15) is 0 Å². The van der Waals surface area contributed by atoms with E-state index in [0.717, 1.165) is 5.56 Å². The second-order valence-corrected chi connectivity index (χ2v) is 7.02. The van der Waals surface area contributed by atoms with E-state index in [4.69, 9.17) is 9.05 Å². The van der Waals surface area contributed by atoms with Crippen LogP contribution in [0.25, 0.3) is 0 Å². The Bertz CT molecular complexity index is 799. The van der Waals surface area contributed by atoms with Gasteiger partial charge < -0.3 is 9.05 Å². The number of aryl methyl sites for hydroxylation is 1. The Morgan fingerprint density at radius 1 is 0.652 bits per heavy atom. The maximum atomic E-state index is 13.4. The highest BCUT2D eigenvalue weighted by Gasteiger charge is 2.31. The van der Waals surface area contributed by atoms with Crippen LogP contribution in [-0.2, 0) is 4.57 Å². The van der Waals surface area contributed by atoms with Crippen molar-refractivity contribution in [1.82, 2.24) is 0 Å². The number of rotatable bonds is 5. The van der Waals surface area contributed by atoms with E-state index in [9.17, 15) is 4.57 Å². The molecule has 4 heteroatoms. The number of hydrogen-bond acceptors (Lipinski definition) is 3. The molecule has 0 saturated heterocycles. The topological polar surface area (TPSA) is 35.5 Å². The van der Waals surface area contributed by atoms with Gasteiger partial charge in [-0.3, -0.25) is 0 Å². The fourth-order valence-electron chi connectivity index (χ4n) is 2.09. The molecule has 0 fully saturated rings. The highest BCUT2D eigenvalue weighted by Crippen LogP contribution is 2.47. The van der Waals surface area contributed by atoms with Crippen LogP contribution in [0.2, 0.25) is 0 Å². The molecule has 0 heterocycles. The Hall–Kier alpha value is -2.51. The van der Waals surface area contributed by atoms with Crippen LogP contribution in [0.5, 0.6) is 11.5 Å². The average Bonchev–Trinajstić information content (AvgIpc) is 2.59. The van der Waals surface area contributed by atoms with Crippen LogP contribution in [0.4, 0.5) is 0 Å². The third kappa shape index (κ3) is 3.82. The minimum atomic E-state index is -3.53. The fraction of sp³-hybridized carbons (Fsp3) is 0.0526. The predicted octanol–water partition coefficient (Wildman–Crippen LogP) is 4.97.